The molecule has 0 radical (unpaired) electrons. The van der Waals surface area contributed by atoms with Crippen LogP contribution in [0.15, 0.2) is 24.3 Å². The lowest BCUT2D eigenvalue weighted by Crippen LogP contribution is -2.05. The van der Waals surface area contributed by atoms with Crippen LogP contribution in [-0.2, 0) is 13.6 Å². The molecule has 19 heavy (non-hydrogen) atoms. The van der Waals surface area contributed by atoms with Gasteiger partial charge in [0, 0.05) is 30.5 Å². The molecule has 3 nitrogen and oxygen atoms in total. The molecule has 0 bridgehead atoms. The number of para-hydroxylation sites is 1. The van der Waals surface area contributed by atoms with E-state index < -0.39 is 0 Å². The summed E-state index contributed by atoms with van der Waals surface area (Å²) in [6, 6.07) is 8.52. The van der Waals surface area contributed by atoms with Crippen LogP contribution in [-0.4, -0.2) is 9.78 Å². The molecule has 0 aliphatic heterocycles. The Kier molecular flexibility index (Phi) is 3.93. The molecule has 1 heterocycles. The highest BCUT2D eigenvalue weighted by Crippen LogP contribution is 2.24. The molecular formula is C16H23N3. The Morgan fingerprint density at radius 1 is 1.21 bits per heavy atom. The highest BCUT2D eigenvalue weighted by molar-refractivity contribution is 5.53. The minimum Gasteiger partial charge on any atom is -0.381 e. The van der Waals surface area contributed by atoms with E-state index in [0.717, 1.165) is 12.2 Å². The monoisotopic (exact) mass is 257 g/mol. The molecule has 1 aromatic heterocycles. The molecule has 0 atom stereocenters. The van der Waals surface area contributed by atoms with E-state index in [1.807, 2.05) is 11.7 Å². The lowest BCUT2D eigenvalue weighted by atomic mass is 10.0. The van der Waals surface area contributed by atoms with Crippen molar-refractivity contribution >= 4 is 5.69 Å². The number of nitrogens with one attached hydrogen (secondary N) is 1. The molecule has 0 amide bonds. The Morgan fingerprint density at radius 3 is 2.47 bits per heavy atom. The van der Waals surface area contributed by atoms with Gasteiger partial charge in [-0.25, -0.2) is 0 Å². The van der Waals surface area contributed by atoms with Crippen molar-refractivity contribution in [3.05, 3.63) is 46.8 Å². The van der Waals surface area contributed by atoms with Crippen molar-refractivity contribution < 1.29 is 0 Å². The van der Waals surface area contributed by atoms with Gasteiger partial charge in [-0.05, 0) is 31.4 Å². The van der Waals surface area contributed by atoms with E-state index in [0.29, 0.717) is 5.92 Å². The van der Waals surface area contributed by atoms with Gasteiger partial charge in [-0.3, -0.25) is 4.68 Å². The molecule has 2 rings (SSSR count). The molecule has 0 spiro atoms. The molecule has 2 aromatic rings. The fourth-order valence-corrected chi connectivity index (χ4v) is 2.42. The fraction of sp³-hybridized carbons (Fsp3) is 0.438. The first-order valence-corrected chi connectivity index (χ1v) is 6.82. The Bertz CT molecular complexity index is 567. The number of rotatable bonds is 4. The van der Waals surface area contributed by atoms with Gasteiger partial charge in [0.2, 0.25) is 0 Å². The van der Waals surface area contributed by atoms with E-state index >= 15 is 0 Å². The van der Waals surface area contributed by atoms with Crippen LogP contribution in [0.4, 0.5) is 5.69 Å². The lowest BCUT2D eigenvalue weighted by molar-refractivity contribution is 0.730. The summed E-state index contributed by atoms with van der Waals surface area (Å²) < 4.78 is 1.95. The van der Waals surface area contributed by atoms with Crippen LogP contribution in [0.25, 0.3) is 0 Å². The normalized spacial score (nSPS) is 11.1. The van der Waals surface area contributed by atoms with Crippen LogP contribution < -0.4 is 5.32 Å². The zero-order valence-electron chi connectivity index (χ0n) is 12.5. The number of nitrogens with zero attached hydrogens (tertiary/aromatic N) is 2. The van der Waals surface area contributed by atoms with Crippen LogP contribution in [0.2, 0.25) is 0 Å². The highest BCUT2D eigenvalue weighted by atomic mass is 15.3. The van der Waals surface area contributed by atoms with E-state index in [4.69, 9.17) is 0 Å². The van der Waals surface area contributed by atoms with Gasteiger partial charge in [-0.1, -0.05) is 32.0 Å². The molecule has 0 unspecified atom stereocenters. The second-order valence-corrected chi connectivity index (χ2v) is 5.37. The number of anilines is 1. The average Bonchev–Trinajstić information content (AvgIpc) is 2.61. The standard InChI is InChI=1S/C16H23N3/c1-11(2)14-8-6-7-9-16(14)17-10-15-12(3)18-19(5)13(15)4/h6-9,11,17H,10H2,1-5H3. The molecule has 0 aliphatic rings. The Hall–Kier alpha value is -1.77. The summed E-state index contributed by atoms with van der Waals surface area (Å²) in [5.41, 5.74) is 6.21. The fourth-order valence-electron chi connectivity index (χ4n) is 2.42. The maximum atomic E-state index is 4.46. The number of hydrogen-bond acceptors (Lipinski definition) is 2. The zero-order valence-corrected chi connectivity index (χ0v) is 12.5. The topological polar surface area (TPSA) is 29.9 Å². The van der Waals surface area contributed by atoms with Gasteiger partial charge in [0.1, 0.15) is 0 Å². The molecule has 0 saturated carbocycles. The van der Waals surface area contributed by atoms with Crippen molar-refractivity contribution in [2.45, 2.75) is 40.2 Å². The quantitative estimate of drug-likeness (QED) is 0.903. The van der Waals surface area contributed by atoms with Crippen molar-refractivity contribution in [3.8, 4) is 0 Å². The van der Waals surface area contributed by atoms with Crippen molar-refractivity contribution in [3.63, 3.8) is 0 Å². The third-order valence-corrected chi connectivity index (χ3v) is 3.70. The number of aryl methyl sites for hydroxylation is 2. The maximum absolute atomic E-state index is 4.46. The smallest absolute Gasteiger partial charge is 0.0646 e. The molecular weight excluding hydrogens is 234 g/mol. The van der Waals surface area contributed by atoms with Crippen LogP contribution in [0, 0.1) is 13.8 Å². The van der Waals surface area contributed by atoms with Crippen molar-refractivity contribution in [2.24, 2.45) is 7.05 Å². The summed E-state index contributed by atoms with van der Waals surface area (Å²) in [4.78, 5) is 0. The second kappa shape index (κ2) is 5.47. The molecule has 1 aromatic carbocycles. The van der Waals surface area contributed by atoms with Gasteiger partial charge in [0.15, 0.2) is 0 Å². The first kappa shape index (κ1) is 13.7. The van der Waals surface area contributed by atoms with Gasteiger partial charge in [-0.15, -0.1) is 0 Å². The minimum atomic E-state index is 0.528. The van der Waals surface area contributed by atoms with Gasteiger partial charge in [0.05, 0.1) is 5.69 Å². The van der Waals surface area contributed by atoms with E-state index in [1.165, 1.54) is 22.5 Å². The van der Waals surface area contributed by atoms with E-state index in [-0.39, 0.29) is 0 Å². The van der Waals surface area contributed by atoms with E-state index in [1.54, 1.807) is 0 Å². The van der Waals surface area contributed by atoms with Crippen LogP contribution >= 0.6 is 0 Å². The maximum Gasteiger partial charge on any atom is 0.0646 e. The molecule has 1 N–H and O–H groups in total. The Morgan fingerprint density at radius 2 is 1.89 bits per heavy atom. The average molecular weight is 257 g/mol. The van der Waals surface area contributed by atoms with Crippen LogP contribution in [0.3, 0.4) is 0 Å². The first-order valence-electron chi connectivity index (χ1n) is 6.82. The van der Waals surface area contributed by atoms with Crippen LogP contribution in [0.1, 0.15) is 42.3 Å². The molecule has 0 fully saturated rings. The first-order chi connectivity index (χ1) is 9.00. The molecule has 0 saturated heterocycles. The summed E-state index contributed by atoms with van der Waals surface area (Å²) in [7, 11) is 1.99. The Balaban J connectivity index is 2.19. The summed E-state index contributed by atoms with van der Waals surface area (Å²) in [6.07, 6.45) is 0. The summed E-state index contributed by atoms with van der Waals surface area (Å²) in [5, 5.41) is 8.01. The number of hydrogen-bond donors (Lipinski definition) is 1. The van der Waals surface area contributed by atoms with E-state index in [2.05, 4.69) is 62.4 Å². The molecule has 102 valence electrons. The summed E-state index contributed by atoms with van der Waals surface area (Å²) in [5.74, 6) is 0.528. The van der Waals surface area contributed by atoms with Crippen molar-refractivity contribution in [1.82, 2.24) is 9.78 Å². The van der Waals surface area contributed by atoms with Crippen molar-refractivity contribution in [2.75, 3.05) is 5.32 Å². The van der Waals surface area contributed by atoms with Crippen molar-refractivity contribution in [1.29, 1.82) is 0 Å². The van der Waals surface area contributed by atoms with E-state index in [9.17, 15) is 0 Å². The third-order valence-electron chi connectivity index (χ3n) is 3.70. The summed E-state index contributed by atoms with van der Waals surface area (Å²) >= 11 is 0. The minimum absolute atomic E-state index is 0.528. The second-order valence-electron chi connectivity index (χ2n) is 5.37. The van der Waals surface area contributed by atoms with Gasteiger partial charge >= 0.3 is 0 Å². The predicted octanol–water partition coefficient (Wildman–Crippen LogP) is 3.77. The van der Waals surface area contributed by atoms with Gasteiger partial charge in [-0.2, -0.15) is 5.10 Å². The Labute approximate surface area is 115 Å². The van der Waals surface area contributed by atoms with Crippen LogP contribution in [0.5, 0.6) is 0 Å². The number of aromatic nitrogens is 2. The highest BCUT2D eigenvalue weighted by Gasteiger charge is 2.10. The lowest BCUT2D eigenvalue weighted by Gasteiger charge is -2.14. The third kappa shape index (κ3) is 2.80. The van der Waals surface area contributed by atoms with Gasteiger partial charge in [0.25, 0.3) is 0 Å². The largest absolute Gasteiger partial charge is 0.381 e. The molecule has 3 heteroatoms. The number of benzene rings is 1. The predicted molar refractivity (Wildman–Crippen MR) is 80.5 cm³/mol. The SMILES string of the molecule is Cc1nn(C)c(C)c1CNc1ccccc1C(C)C. The zero-order chi connectivity index (χ0) is 14.0. The van der Waals surface area contributed by atoms with Gasteiger partial charge < -0.3 is 5.32 Å². The summed E-state index contributed by atoms with van der Waals surface area (Å²) in [6.45, 7) is 9.46. The molecule has 0 aliphatic carbocycles.